The number of esters is 1. The van der Waals surface area contributed by atoms with Crippen molar-refractivity contribution in [1.82, 2.24) is 10.2 Å². The summed E-state index contributed by atoms with van der Waals surface area (Å²) >= 11 is 0. The van der Waals surface area contributed by atoms with E-state index in [1.54, 1.807) is 0 Å². The molecule has 0 bridgehead atoms. The molecule has 1 aliphatic heterocycles. The first-order valence-corrected chi connectivity index (χ1v) is 7.79. The summed E-state index contributed by atoms with van der Waals surface area (Å²) in [6, 6.07) is 0. The van der Waals surface area contributed by atoms with Crippen molar-refractivity contribution in [2.24, 2.45) is 0 Å². The summed E-state index contributed by atoms with van der Waals surface area (Å²) in [4.78, 5) is 14.5. The highest BCUT2D eigenvalue weighted by Crippen LogP contribution is 2.29. The zero-order valence-corrected chi connectivity index (χ0v) is 14.7. The molecule has 0 saturated carbocycles. The Morgan fingerprint density at radius 1 is 1.29 bits per heavy atom. The number of carbonyl (C=O) groups excluding carboxylic acids is 1. The average molecular weight is 300 g/mol. The Morgan fingerprint density at radius 3 is 2.24 bits per heavy atom. The maximum absolute atomic E-state index is 12.2. The second-order valence-corrected chi connectivity index (χ2v) is 7.52. The van der Waals surface area contributed by atoms with Crippen molar-refractivity contribution in [2.75, 3.05) is 33.3 Å². The fraction of sp³-hybridized carbons (Fsp3) is 0.938. The van der Waals surface area contributed by atoms with Gasteiger partial charge in [-0.1, -0.05) is 6.92 Å². The third-order valence-electron chi connectivity index (χ3n) is 3.70. The van der Waals surface area contributed by atoms with Gasteiger partial charge in [-0.15, -0.1) is 0 Å². The Morgan fingerprint density at radius 2 is 1.81 bits per heavy atom. The number of ether oxygens (including phenoxy) is 2. The summed E-state index contributed by atoms with van der Waals surface area (Å²) in [5.41, 5.74) is -1.12. The molecule has 0 aliphatic carbocycles. The van der Waals surface area contributed by atoms with Crippen molar-refractivity contribution >= 4 is 5.97 Å². The van der Waals surface area contributed by atoms with Crippen LogP contribution >= 0.6 is 0 Å². The Hall–Kier alpha value is -0.650. The van der Waals surface area contributed by atoms with E-state index >= 15 is 0 Å². The third-order valence-corrected chi connectivity index (χ3v) is 3.70. The maximum Gasteiger partial charge on any atom is 0.327 e. The molecule has 0 spiro atoms. The van der Waals surface area contributed by atoms with E-state index in [1.165, 1.54) is 7.11 Å². The number of morpholine rings is 1. The van der Waals surface area contributed by atoms with Crippen LogP contribution in [-0.4, -0.2) is 60.9 Å². The van der Waals surface area contributed by atoms with Crippen molar-refractivity contribution in [3.05, 3.63) is 0 Å². The van der Waals surface area contributed by atoms with Crippen LogP contribution in [0.25, 0.3) is 0 Å². The van der Waals surface area contributed by atoms with Crippen molar-refractivity contribution in [3.8, 4) is 0 Å². The zero-order valence-electron chi connectivity index (χ0n) is 14.7. The minimum absolute atomic E-state index is 0.210. The van der Waals surface area contributed by atoms with Crippen molar-refractivity contribution in [2.45, 2.75) is 64.7 Å². The second-order valence-electron chi connectivity index (χ2n) is 7.52. The highest BCUT2D eigenvalue weighted by atomic mass is 16.5. The number of nitrogens with one attached hydrogen (secondary N) is 1. The van der Waals surface area contributed by atoms with Crippen LogP contribution in [0.1, 0.15) is 48.0 Å². The Balaban J connectivity index is 2.85. The Bertz CT molecular complexity index is 353. The lowest BCUT2D eigenvalue weighted by Gasteiger charge is -2.49. The van der Waals surface area contributed by atoms with Crippen molar-refractivity contribution in [1.29, 1.82) is 0 Å². The van der Waals surface area contributed by atoms with Crippen LogP contribution in [0.4, 0.5) is 0 Å². The minimum atomic E-state index is -0.686. The molecule has 1 heterocycles. The lowest BCUT2D eigenvalue weighted by molar-refractivity contribution is -0.185. The fourth-order valence-electron chi connectivity index (χ4n) is 3.32. The van der Waals surface area contributed by atoms with E-state index in [0.717, 1.165) is 26.1 Å². The number of methoxy groups -OCH3 is 1. The molecular formula is C16H32N2O3. The van der Waals surface area contributed by atoms with Crippen LogP contribution in [0.15, 0.2) is 0 Å². The van der Waals surface area contributed by atoms with Crippen LogP contribution in [0.3, 0.4) is 0 Å². The van der Waals surface area contributed by atoms with Crippen LogP contribution in [0.5, 0.6) is 0 Å². The molecule has 5 heteroatoms. The van der Waals surface area contributed by atoms with Crippen LogP contribution in [0, 0.1) is 0 Å². The molecule has 0 amide bonds. The van der Waals surface area contributed by atoms with Crippen LogP contribution < -0.4 is 5.32 Å². The second kappa shape index (κ2) is 6.63. The summed E-state index contributed by atoms with van der Waals surface area (Å²) in [5, 5.41) is 3.34. The van der Waals surface area contributed by atoms with Crippen molar-refractivity contribution in [3.63, 3.8) is 0 Å². The standard InChI is InChI=1S/C16H32N2O3/c1-8-9-17-16(6,13(19)20-7)12-18-10-14(2,3)21-15(4,5)11-18/h17H,8-12H2,1-7H3. The molecule has 124 valence electrons. The predicted molar refractivity (Wildman–Crippen MR) is 84.4 cm³/mol. The highest BCUT2D eigenvalue weighted by Gasteiger charge is 2.43. The molecule has 0 aromatic rings. The number of hydrogen-bond donors (Lipinski definition) is 1. The lowest BCUT2D eigenvalue weighted by atomic mass is 9.95. The zero-order chi connectivity index (χ0) is 16.3. The molecule has 0 aromatic carbocycles. The van der Waals surface area contributed by atoms with Gasteiger partial charge in [-0.3, -0.25) is 9.69 Å². The van der Waals surface area contributed by atoms with Gasteiger partial charge in [0.05, 0.1) is 18.3 Å². The van der Waals surface area contributed by atoms with Gasteiger partial charge in [-0.05, 0) is 47.6 Å². The summed E-state index contributed by atoms with van der Waals surface area (Å²) < 4.78 is 11.1. The van der Waals surface area contributed by atoms with Gasteiger partial charge in [-0.25, -0.2) is 0 Å². The third kappa shape index (κ3) is 5.24. The smallest absolute Gasteiger partial charge is 0.327 e. The van der Waals surface area contributed by atoms with Gasteiger partial charge >= 0.3 is 5.97 Å². The first kappa shape index (κ1) is 18.4. The number of hydrogen-bond acceptors (Lipinski definition) is 5. The minimum Gasteiger partial charge on any atom is -0.468 e. The lowest BCUT2D eigenvalue weighted by Crippen LogP contribution is -2.64. The molecule has 0 radical (unpaired) electrons. The molecule has 1 rings (SSSR count). The number of rotatable bonds is 6. The molecule has 1 saturated heterocycles. The largest absolute Gasteiger partial charge is 0.468 e. The first-order chi connectivity index (χ1) is 9.53. The SMILES string of the molecule is CCCNC(C)(CN1CC(C)(C)OC(C)(C)C1)C(=O)OC. The van der Waals surface area contributed by atoms with E-state index in [-0.39, 0.29) is 17.2 Å². The van der Waals surface area contributed by atoms with E-state index in [4.69, 9.17) is 9.47 Å². The Kier molecular flexibility index (Phi) is 5.81. The molecule has 5 nitrogen and oxygen atoms in total. The molecule has 1 fully saturated rings. The topological polar surface area (TPSA) is 50.8 Å². The van der Waals surface area contributed by atoms with Gasteiger partial charge in [-0.2, -0.15) is 0 Å². The normalized spacial score (nSPS) is 24.3. The fourth-order valence-corrected chi connectivity index (χ4v) is 3.32. The van der Waals surface area contributed by atoms with Gasteiger partial charge < -0.3 is 14.8 Å². The van der Waals surface area contributed by atoms with Gasteiger partial charge in [0.15, 0.2) is 0 Å². The quantitative estimate of drug-likeness (QED) is 0.758. The van der Waals surface area contributed by atoms with Gasteiger partial charge in [0.25, 0.3) is 0 Å². The molecular weight excluding hydrogens is 268 g/mol. The highest BCUT2D eigenvalue weighted by molar-refractivity contribution is 5.80. The molecule has 21 heavy (non-hydrogen) atoms. The van der Waals surface area contributed by atoms with E-state index < -0.39 is 5.54 Å². The van der Waals surface area contributed by atoms with Crippen LogP contribution in [-0.2, 0) is 14.3 Å². The monoisotopic (exact) mass is 300 g/mol. The molecule has 1 N–H and O–H groups in total. The summed E-state index contributed by atoms with van der Waals surface area (Å²) in [7, 11) is 1.45. The van der Waals surface area contributed by atoms with Gasteiger partial charge in [0, 0.05) is 19.6 Å². The van der Waals surface area contributed by atoms with E-state index in [0.29, 0.717) is 6.54 Å². The van der Waals surface area contributed by atoms with Gasteiger partial charge in [0.2, 0.25) is 0 Å². The molecule has 0 aromatic heterocycles. The molecule has 1 unspecified atom stereocenters. The van der Waals surface area contributed by atoms with Crippen molar-refractivity contribution < 1.29 is 14.3 Å². The average Bonchev–Trinajstić information content (AvgIpc) is 2.31. The molecule has 1 aliphatic rings. The summed E-state index contributed by atoms with van der Waals surface area (Å²) in [5.74, 6) is -0.210. The van der Waals surface area contributed by atoms with E-state index in [1.807, 2.05) is 6.92 Å². The summed E-state index contributed by atoms with van der Waals surface area (Å²) in [6.07, 6.45) is 0.979. The first-order valence-electron chi connectivity index (χ1n) is 7.79. The van der Waals surface area contributed by atoms with E-state index in [9.17, 15) is 4.79 Å². The van der Waals surface area contributed by atoms with E-state index in [2.05, 4.69) is 44.8 Å². The summed E-state index contributed by atoms with van der Waals surface area (Å²) in [6.45, 7) is 15.4. The molecule has 1 atom stereocenters. The predicted octanol–water partition coefficient (Wildman–Crippen LogP) is 1.81. The maximum atomic E-state index is 12.2. The Labute approximate surface area is 129 Å². The van der Waals surface area contributed by atoms with Crippen LogP contribution in [0.2, 0.25) is 0 Å². The van der Waals surface area contributed by atoms with Gasteiger partial charge in [0.1, 0.15) is 5.54 Å². The number of carbonyl (C=O) groups is 1. The number of nitrogens with zero attached hydrogens (tertiary/aromatic N) is 1.